The first-order chi connectivity index (χ1) is 16.1. The lowest BCUT2D eigenvalue weighted by Crippen LogP contribution is -2.18. The fourth-order valence-electron chi connectivity index (χ4n) is 3.60. The molecule has 0 atom stereocenters. The molecule has 3 aromatic carbocycles. The van der Waals surface area contributed by atoms with Crippen molar-refractivity contribution in [3.8, 4) is 5.88 Å². The Kier molecular flexibility index (Phi) is 6.77. The molecule has 0 amide bonds. The third-order valence-corrected chi connectivity index (χ3v) is 5.25. The highest BCUT2D eigenvalue weighted by Gasteiger charge is 2.20. The summed E-state index contributed by atoms with van der Waals surface area (Å²) in [5, 5.41) is 25.9. The number of nitrogens with one attached hydrogen (secondary N) is 2. The number of H-pyrrole nitrogens is 1. The van der Waals surface area contributed by atoms with Crippen molar-refractivity contribution < 1.29 is 14.8 Å². The topological polar surface area (TPSA) is 113 Å². The second kappa shape index (κ2) is 10.1. The maximum atomic E-state index is 11.3. The van der Waals surface area contributed by atoms with Crippen molar-refractivity contribution in [2.24, 2.45) is 4.99 Å². The molecule has 0 spiro atoms. The van der Waals surface area contributed by atoms with Crippen molar-refractivity contribution in [1.29, 1.82) is 0 Å². The van der Waals surface area contributed by atoms with Gasteiger partial charge in [0.1, 0.15) is 0 Å². The van der Waals surface area contributed by atoms with Crippen LogP contribution in [0.3, 0.4) is 0 Å². The van der Waals surface area contributed by atoms with Crippen LogP contribution in [0.25, 0.3) is 10.9 Å². The molecule has 0 saturated heterocycles. The summed E-state index contributed by atoms with van der Waals surface area (Å²) >= 11 is 0. The summed E-state index contributed by atoms with van der Waals surface area (Å²) in [5.41, 5.74) is 4.07. The van der Waals surface area contributed by atoms with Gasteiger partial charge >= 0.3 is 0 Å². The average Bonchev–Trinajstić information content (AvgIpc) is 3.16. The lowest BCUT2D eigenvalue weighted by molar-refractivity contribution is -0.384. The fraction of sp³-hybridized carbons (Fsp3) is 0.160. The van der Waals surface area contributed by atoms with Crippen molar-refractivity contribution in [1.82, 2.24) is 10.3 Å². The minimum atomic E-state index is -0.452. The molecule has 0 saturated carbocycles. The number of aromatic amines is 1. The summed E-state index contributed by atoms with van der Waals surface area (Å²) in [5.74, 6) is -0.0907. The summed E-state index contributed by atoms with van der Waals surface area (Å²) in [4.78, 5) is 18.6. The molecular formula is C25H24N4O4. The maximum Gasteiger partial charge on any atom is 0.270 e. The van der Waals surface area contributed by atoms with Gasteiger partial charge in [0.25, 0.3) is 5.69 Å². The van der Waals surface area contributed by atoms with Crippen LogP contribution in [0.4, 0.5) is 11.4 Å². The molecular weight excluding hydrogens is 420 g/mol. The third kappa shape index (κ3) is 5.08. The number of benzene rings is 3. The van der Waals surface area contributed by atoms with Gasteiger partial charge in [0.2, 0.25) is 0 Å². The van der Waals surface area contributed by atoms with E-state index in [-0.39, 0.29) is 11.6 Å². The number of ether oxygens (including phenoxy) is 1. The Bertz CT molecular complexity index is 1280. The molecule has 168 valence electrons. The van der Waals surface area contributed by atoms with E-state index in [1.54, 1.807) is 13.2 Å². The smallest absolute Gasteiger partial charge is 0.270 e. The zero-order chi connectivity index (χ0) is 23.2. The molecule has 4 aromatic rings. The van der Waals surface area contributed by atoms with Gasteiger partial charge in [0, 0.05) is 48.8 Å². The number of nitrogens with zero attached hydrogens (tertiary/aromatic N) is 2. The quantitative estimate of drug-likeness (QED) is 0.150. The SMILES string of the molecule is COCCNCc1ccc(N=C(c2ccccc2)c2c(O)[nH]c3ccc([N+](=O)[O-])cc23)cc1. The zero-order valence-electron chi connectivity index (χ0n) is 18.1. The minimum absolute atomic E-state index is 0.0551. The van der Waals surface area contributed by atoms with E-state index in [2.05, 4.69) is 10.3 Å². The molecule has 1 aromatic heterocycles. The number of methoxy groups -OCH3 is 1. The maximum absolute atomic E-state index is 11.3. The van der Waals surface area contributed by atoms with Gasteiger partial charge in [-0.1, -0.05) is 42.5 Å². The Morgan fingerprint density at radius 2 is 1.88 bits per heavy atom. The van der Waals surface area contributed by atoms with E-state index in [0.29, 0.717) is 41.0 Å². The van der Waals surface area contributed by atoms with Gasteiger partial charge in [-0.3, -0.25) is 10.1 Å². The summed E-state index contributed by atoms with van der Waals surface area (Å²) < 4.78 is 5.04. The zero-order valence-corrected chi connectivity index (χ0v) is 18.1. The van der Waals surface area contributed by atoms with Crippen LogP contribution in [0.15, 0.2) is 77.8 Å². The number of non-ortho nitro benzene ring substituents is 1. The number of nitro groups is 1. The monoisotopic (exact) mass is 444 g/mol. The van der Waals surface area contributed by atoms with Crippen molar-refractivity contribution in [2.75, 3.05) is 20.3 Å². The van der Waals surface area contributed by atoms with Crippen LogP contribution >= 0.6 is 0 Å². The van der Waals surface area contributed by atoms with Gasteiger partial charge in [-0.05, 0) is 23.8 Å². The summed E-state index contributed by atoms with van der Waals surface area (Å²) in [6.07, 6.45) is 0. The molecule has 8 heteroatoms. The minimum Gasteiger partial charge on any atom is -0.494 e. The van der Waals surface area contributed by atoms with E-state index in [0.717, 1.165) is 17.7 Å². The molecule has 0 aliphatic heterocycles. The van der Waals surface area contributed by atoms with Gasteiger partial charge in [-0.15, -0.1) is 0 Å². The van der Waals surface area contributed by atoms with E-state index in [4.69, 9.17) is 9.73 Å². The van der Waals surface area contributed by atoms with E-state index < -0.39 is 4.92 Å². The number of hydrogen-bond acceptors (Lipinski definition) is 6. The molecule has 0 bridgehead atoms. The van der Waals surface area contributed by atoms with Crippen molar-refractivity contribution in [2.45, 2.75) is 6.54 Å². The van der Waals surface area contributed by atoms with Gasteiger partial charge in [-0.2, -0.15) is 0 Å². The lowest BCUT2D eigenvalue weighted by atomic mass is 10.0. The predicted molar refractivity (Wildman–Crippen MR) is 128 cm³/mol. The number of aliphatic imine (C=N–C) groups is 1. The van der Waals surface area contributed by atoms with E-state index in [1.807, 2.05) is 54.6 Å². The Labute approximate surface area is 190 Å². The number of rotatable bonds is 9. The number of aromatic nitrogens is 1. The molecule has 0 radical (unpaired) electrons. The number of aromatic hydroxyl groups is 1. The Morgan fingerprint density at radius 3 is 2.58 bits per heavy atom. The molecule has 4 rings (SSSR count). The first-order valence-electron chi connectivity index (χ1n) is 10.5. The Hall–Kier alpha value is -4.01. The molecule has 0 aliphatic carbocycles. The van der Waals surface area contributed by atoms with Crippen molar-refractivity contribution in [3.05, 3.63) is 99.6 Å². The second-order valence-electron chi connectivity index (χ2n) is 7.50. The van der Waals surface area contributed by atoms with Gasteiger partial charge in [0.15, 0.2) is 5.88 Å². The van der Waals surface area contributed by atoms with Crippen LogP contribution in [0.5, 0.6) is 5.88 Å². The fourth-order valence-corrected chi connectivity index (χ4v) is 3.60. The summed E-state index contributed by atoms with van der Waals surface area (Å²) in [6.45, 7) is 2.13. The van der Waals surface area contributed by atoms with E-state index in [9.17, 15) is 15.2 Å². The van der Waals surface area contributed by atoms with Crippen LogP contribution in [0.1, 0.15) is 16.7 Å². The van der Waals surface area contributed by atoms with Crippen LogP contribution in [0, 0.1) is 10.1 Å². The number of nitro benzene ring substituents is 1. The van der Waals surface area contributed by atoms with Crippen LogP contribution in [-0.2, 0) is 11.3 Å². The van der Waals surface area contributed by atoms with Gasteiger partial charge < -0.3 is 20.1 Å². The van der Waals surface area contributed by atoms with Crippen LogP contribution < -0.4 is 5.32 Å². The normalized spacial score (nSPS) is 11.7. The molecule has 8 nitrogen and oxygen atoms in total. The standard InChI is InChI=1S/C25H24N4O4/c1-33-14-13-26-16-17-7-9-19(10-8-17)27-24(18-5-3-2-4-6-18)23-21-15-20(29(31)32)11-12-22(21)28-25(23)30/h2-12,15,26,28,30H,13-14,16H2,1H3. The lowest BCUT2D eigenvalue weighted by Gasteiger charge is -2.09. The molecule has 3 N–H and O–H groups in total. The van der Waals surface area contributed by atoms with Crippen molar-refractivity contribution >= 4 is 28.0 Å². The highest BCUT2D eigenvalue weighted by atomic mass is 16.6. The first-order valence-corrected chi connectivity index (χ1v) is 10.5. The van der Waals surface area contributed by atoms with E-state index >= 15 is 0 Å². The van der Waals surface area contributed by atoms with Gasteiger partial charge in [0.05, 0.1) is 28.5 Å². The third-order valence-electron chi connectivity index (χ3n) is 5.25. The Morgan fingerprint density at radius 1 is 1.12 bits per heavy atom. The molecule has 0 unspecified atom stereocenters. The second-order valence-corrected chi connectivity index (χ2v) is 7.50. The highest BCUT2D eigenvalue weighted by molar-refractivity contribution is 6.22. The summed E-state index contributed by atoms with van der Waals surface area (Å²) in [6, 6.07) is 21.7. The predicted octanol–water partition coefficient (Wildman–Crippen LogP) is 4.69. The van der Waals surface area contributed by atoms with E-state index in [1.165, 1.54) is 12.1 Å². The van der Waals surface area contributed by atoms with Crippen LogP contribution in [-0.4, -0.2) is 41.0 Å². The molecule has 33 heavy (non-hydrogen) atoms. The first kappa shape index (κ1) is 22.2. The number of hydrogen-bond donors (Lipinski definition) is 3. The van der Waals surface area contributed by atoms with Crippen LogP contribution in [0.2, 0.25) is 0 Å². The largest absolute Gasteiger partial charge is 0.494 e. The summed E-state index contributed by atoms with van der Waals surface area (Å²) in [7, 11) is 1.67. The Balaban J connectivity index is 1.76. The number of fused-ring (bicyclic) bond motifs is 1. The van der Waals surface area contributed by atoms with Gasteiger partial charge in [-0.25, -0.2) is 4.99 Å². The molecule has 0 aliphatic rings. The molecule has 0 fully saturated rings. The highest BCUT2D eigenvalue weighted by Crippen LogP contribution is 2.33. The average molecular weight is 444 g/mol. The molecule has 1 heterocycles. The van der Waals surface area contributed by atoms with Crippen molar-refractivity contribution in [3.63, 3.8) is 0 Å².